The maximum absolute atomic E-state index is 11.4. The van der Waals surface area contributed by atoms with Gasteiger partial charge in [-0.2, -0.15) is 0 Å². The lowest BCUT2D eigenvalue weighted by molar-refractivity contribution is 0.305. The topological polar surface area (TPSA) is 62.8 Å². The largest absolute Gasteiger partial charge is 0.480 e. The molecule has 0 amide bonds. The Hall–Kier alpha value is -1.88. The molecular weight excluding hydrogens is 310 g/mol. The predicted octanol–water partition coefficient (Wildman–Crippen LogP) is 2.77. The van der Waals surface area contributed by atoms with E-state index in [1.807, 2.05) is 30.3 Å². The Morgan fingerprint density at radius 2 is 2.05 bits per heavy atom. The van der Waals surface area contributed by atoms with Crippen molar-refractivity contribution in [3.8, 4) is 5.95 Å². The van der Waals surface area contributed by atoms with E-state index in [4.69, 9.17) is 0 Å². The van der Waals surface area contributed by atoms with Gasteiger partial charge in [0.2, 0.25) is 0 Å². The van der Waals surface area contributed by atoms with Crippen LogP contribution in [-0.4, -0.2) is 17.9 Å². The van der Waals surface area contributed by atoms with Gasteiger partial charge in [0.15, 0.2) is 0 Å². The summed E-state index contributed by atoms with van der Waals surface area (Å²) in [5.74, 6) is -0.425. The molecule has 0 spiro atoms. The minimum Gasteiger partial charge on any atom is -0.480 e. The summed E-state index contributed by atoms with van der Waals surface area (Å²) < 4.78 is 4.95. The van der Waals surface area contributed by atoms with Crippen LogP contribution in [0.3, 0.4) is 0 Å². The Labute approximate surface area is 118 Å². The van der Waals surface area contributed by atoms with Crippen LogP contribution in [-0.2, 0) is 6.42 Å². The van der Waals surface area contributed by atoms with E-state index in [1.165, 1.54) is 17.8 Å². The van der Waals surface area contributed by atoms with Crippen molar-refractivity contribution >= 4 is 22.1 Å². The first-order chi connectivity index (χ1) is 9.16. The van der Waals surface area contributed by atoms with E-state index in [9.17, 15) is 9.90 Å². The van der Waals surface area contributed by atoms with Crippen molar-refractivity contribution in [3.05, 3.63) is 62.4 Å². The Kier molecular flexibility index (Phi) is 4.52. The molecule has 1 heterocycles. The Balaban J connectivity index is 2.00. The second-order valence-corrected chi connectivity index (χ2v) is 4.77. The van der Waals surface area contributed by atoms with Crippen LogP contribution in [0.1, 0.15) is 11.1 Å². The molecule has 0 bridgehead atoms. The maximum Gasteiger partial charge on any atom is 0.347 e. The van der Waals surface area contributed by atoms with Gasteiger partial charge in [0.1, 0.15) is 0 Å². The lowest BCUT2D eigenvalue weighted by atomic mass is 10.2. The summed E-state index contributed by atoms with van der Waals surface area (Å²) >= 11 is 3.08. The summed E-state index contributed by atoms with van der Waals surface area (Å²) in [6.07, 6.45) is 2.26. The van der Waals surface area contributed by atoms with Gasteiger partial charge < -0.3 is 9.52 Å². The van der Waals surface area contributed by atoms with E-state index in [2.05, 4.69) is 25.3 Å². The molecular formula is C14H12BrNO3. The molecule has 0 fully saturated rings. The zero-order chi connectivity index (χ0) is 13.7. The van der Waals surface area contributed by atoms with Crippen molar-refractivity contribution in [1.82, 2.24) is 0 Å². The van der Waals surface area contributed by atoms with Crippen LogP contribution in [0.5, 0.6) is 5.95 Å². The monoisotopic (exact) mass is 321 g/mol. The Bertz CT molecular complexity index is 635. The zero-order valence-corrected chi connectivity index (χ0v) is 11.6. The lowest BCUT2D eigenvalue weighted by Crippen LogP contribution is -2.06. The number of hydrogen-bond acceptors (Lipinski definition) is 4. The summed E-state index contributed by atoms with van der Waals surface area (Å²) in [6, 6.07) is 11.5. The van der Waals surface area contributed by atoms with E-state index in [-0.39, 0.29) is 0 Å². The fourth-order valence-corrected chi connectivity index (χ4v) is 1.87. The number of aromatic hydroxyl groups is 1. The molecule has 1 N–H and O–H groups in total. The Morgan fingerprint density at radius 3 is 2.79 bits per heavy atom. The summed E-state index contributed by atoms with van der Waals surface area (Å²) in [5.41, 5.74) is 0.889. The predicted molar refractivity (Wildman–Crippen MR) is 76.9 cm³/mol. The molecule has 5 heteroatoms. The third-order valence-corrected chi connectivity index (χ3v) is 3.08. The maximum atomic E-state index is 11.4. The van der Waals surface area contributed by atoms with Gasteiger partial charge in [0.25, 0.3) is 5.95 Å². The number of rotatable bonds is 4. The molecule has 0 atom stereocenters. The minimum atomic E-state index is -0.607. The number of halogens is 1. The summed E-state index contributed by atoms with van der Waals surface area (Å²) in [5, 5.41) is 9.19. The molecule has 0 unspecified atom stereocenters. The number of nitrogens with zero attached hydrogens (tertiary/aromatic N) is 1. The summed E-state index contributed by atoms with van der Waals surface area (Å²) in [7, 11) is 0. The van der Waals surface area contributed by atoms with Crippen LogP contribution < -0.4 is 5.63 Å². The van der Waals surface area contributed by atoms with Crippen LogP contribution in [0.2, 0.25) is 0 Å². The summed E-state index contributed by atoms with van der Waals surface area (Å²) in [4.78, 5) is 15.6. The second kappa shape index (κ2) is 6.33. The fraction of sp³-hybridized carbons (Fsp3) is 0.143. The SMILES string of the molecule is O=c1oc(O)c(Br)cc1C=NCCc1ccccc1. The molecule has 0 aliphatic carbocycles. The van der Waals surface area contributed by atoms with Gasteiger partial charge in [-0.15, -0.1) is 0 Å². The third kappa shape index (κ3) is 3.79. The first kappa shape index (κ1) is 13.5. The van der Waals surface area contributed by atoms with Gasteiger partial charge in [-0.25, -0.2) is 4.79 Å². The molecule has 1 aromatic carbocycles. The van der Waals surface area contributed by atoms with E-state index < -0.39 is 11.6 Å². The van der Waals surface area contributed by atoms with Crippen molar-refractivity contribution < 1.29 is 9.52 Å². The van der Waals surface area contributed by atoms with Crippen LogP contribution in [0.25, 0.3) is 0 Å². The number of benzene rings is 1. The molecule has 0 aliphatic heterocycles. The van der Waals surface area contributed by atoms with Crippen molar-refractivity contribution in [1.29, 1.82) is 0 Å². The first-order valence-corrected chi connectivity index (χ1v) is 6.52. The highest BCUT2D eigenvalue weighted by molar-refractivity contribution is 9.10. The molecule has 0 saturated heterocycles. The average Bonchev–Trinajstić information content (AvgIpc) is 2.41. The second-order valence-electron chi connectivity index (χ2n) is 3.91. The molecule has 2 rings (SSSR count). The molecule has 19 heavy (non-hydrogen) atoms. The quantitative estimate of drug-likeness (QED) is 0.881. The van der Waals surface area contributed by atoms with Crippen molar-refractivity contribution in [2.45, 2.75) is 6.42 Å². The van der Waals surface area contributed by atoms with Crippen molar-refractivity contribution in [3.63, 3.8) is 0 Å². The highest BCUT2D eigenvalue weighted by atomic mass is 79.9. The van der Waals surface area contributed by atoms with Gasteiger partial charge in [-0.05, 0) is 34.0 Å². The smallest absolute Gasteiger partial charge is 0.347 e. The van der Waals surface area contributed by atoms with E-state index >= 15 is 0 Å². The van der Waals surface area contributed by atoms with Gasteiger partial charge in [-0.3, -0.25) is 4.99 Å². The van der Waals surface area contributed by atoms with E-state index in [0.29, 0.717) is 16.6 Å². The lowest BCUT2D eigenvalue weighted by Gasteiger charge is -1.97. The van der Waals surface area contributed by atoms with Gasteiger partial charge in [0, 0.05) is 12.8 Å². The van der Waals surface area contributed by atoms with Crippen LogP contribution in [0.15, 0.2) is 55.1 Å². The molecule has 2 aromatic rings. The molecule has 0 radical (unpaired) electrons. The molecule has 4 nitrogen and oxygen atoms in total. The highest BCUT2D eigenvalue weighted by Gasteiger charge is 2.05. The van der Waals surface area contributed by atoms with Crippen LogP contribution in [0.4, 0.5) is 0 Å². The van der Waals surface area contributed by atoms with E-state index in [0.717, 1.165) is 6.42 Å². The van der Waals surface area contributed by atoms with Gasteiger partial charge >= 0.3 is 5.63 Å². The summed E-state index contributed by atoms with van der Waals surface area (Å²) in [6.45, 7) is 0.585. The van der Waals surface area contributed by atoms with Crippen molar-refractivity contribution in [2.75, 3.05) is 6.54 Å². The van der Waals surface area contributed by atoms with Gasteiger partial charge in [-0.1, -0.05) is 30.3 Å². The third-order valence-electron chi connectivity index (χ3n) is 2.51. The Morgan fingerprint density at radius 1 is 1.32 bits per heavy atom. The van der Waals surface area contributed by atoms with Crippen LogP contribution in [0, 0.1) is 0 Å². The molecule has 1 aromatic heterocycles. The number of aliphatic imine (C=N–C) groups is 1. The minimum absolute atomic E-state index is 0.303. The van der Waals surface area contributed by atoms with E-state index in [1.54, 1.807) is 0 Å². The molecule has 0 saturated carbocycles. The average molecular weight is 322 g/mol. The zero-order valence-electron chi connectivity index (χ0n) is 10.0. The van der Waals surface area contributed by atoms with Gasteiger partial charge in [0.05, 0.1) is 10.0 Å². The number of hydrogen-bond donors (Lipinski definition) is 1. The van der Waals surface area contributed by atoms with Crippen LogP contribution >= 0.6 is 15.9 Å². The molecule has 0 aliphatic rings. The standard InChI is InChI=1S/C14H12BrNO3/c15-12-8-11(13(17)19-14(12)18)9-16-7-6-10-4-2-1-3-5-10/h1-5,8-9,18H,6-7H2. The fourth-order valence-electron chi connectivity index (χ4n) is 1.54. The normalized spacial score (nSPS) is 11.0. The first-order valence-electron chi connectivity index (χ1n) is 5.73. The highest BCUT2D eigenvalue weighted by Crippen LogP contribution is 2.21. The molecule has 98 valence electrons. The van der Waals surface area contributed by atoms with Crippen molar-refractivity contribution in [2.24, 2.45) is 4.99 Å².